The summed E-state index contributed by atoms with van der Waals surface area (Å²) in [6.07, 6.45) is 4.39. The molecule has 2 aromatic rings. The number of hydrogen-bond acceptors (Lipinski definition) is 3. The van der Waals surface area contributed by atoms with Crippen LogP contribution in [0.3, 0.4) is 0 Å². The molecule has 0 aliphatic rings. The van der Waals surface area contributed by atoms with Crippen LogP contribution in [0, 0.1) is 11.6 Å². The van der Waals surface area contributed by atoms with E-state index in [2.05, 4.69) is 26.3 Å². The van der Waals surface area contributed by atoms with Crippen molar-refractivity contribution < 1.29 is 8.78 Å². The van der Waals surface area contributed by atoms with Crippen LogP contribution < -0.4 is 11.3 Å². The van der Waals surface area contributed by atoms with Gasteiger partial charge in [-0.25, -0.2) is 8.78 Å². The minimum Gasteiger partial charge on any atom is -0.271 e. The number of rotatable bonds is 5. The van der Waals surface area contributed by atoms with E-state index >= 15 is 0 Å². The molecule has 20 heavy (non-hydrogen) atoms. The summed E-state index contributed by atoms with van der Waals surface area (Å²) in [6, 6.07) is 5.33. The lowest BCUT2D eigenvalue weighted by molar-refractivity contribution is 0.502. The highest BCUT2D eigenvalue weighted by Gasteiger charge is 2.13. The third-order valence-corrected chi connectivity index (χ3v) is 3.39. The molecule has 2 rings (SSSR count). The molecular weight excluding hydrogens is 328 g/mol. The summed E-state index contributed by atoms with van der Waals surface area (Å²) in [6.45, 7) is 0. The van der Waals surface area contributed by atoms with Crippen molar-refractivity contribution in [2.45, 2.75) is 18.9 Å². The molecule has 0 saturated carbocycles. The highest BCUT2D eigenvalue weighted by atomic mass is 79.9. The third kappa shape index (κ3) is 4.06. The van der Waals surface area contributed by atoms with Gasteiger partial charge in [0.1, 0.15) is 11.6 Å². The van der Waals surface area contributed by atoms with Crippen LogP contribution in [0.5, 0.6) is 0 Å². The first-order valence-electron chi connectivity index (χ1n) is 6.08. The minimum absolute atomic E-state index is 0.161. The monoisotopic (exact) mass is 341 g/mol. The van der Waals surface area contributed by atoms with E-state index in [1.54, 1.807) is 12.4 Å². The Balaban J connectivity index is 2.09. The van der Waals surface area contributed by atoms with Gasteiger partial charge in [-0.05, 0) is 52.0 Å². The molecular formula is C14H14BrF2N3. The van der Waals surface area contributed by atoms with Crippen LogP contribution in [-0.4, -0.2) is 11.0 Å². The molecule has 106 valence electrons. The average molecular weight is 342 g/mol. The quantitative estimate of drug-likeness (QED) is 0.649. The van der Waals surface area contributed by atoms with Crippen LogP contribution in [0.15, 0.2) is 41.1 Å². The van der Waals surface area contributed by atoms with E-state index in [1.165, 1.54) is 12.1 Å². The van der Waals surface area contributed by atoms with Crippen molar-refractivity contribution in [1.29, 1.82) is 0 Å². The van der Waals surface area contributed by atoms with Crippen LogP contribution in [0.25, 0.3) is 0 Å². The number of pyridine rings is 1. The first-order valence-corrected chi connectivity index (χ1v) is 6.87. The van der Waals surface area contributed by atoms with E-state index in [4.69, 9.17) is 5.84 Å². The van der Waals surface area contributed by atoms with Crippen molar-refractivity contribution in [1.82, 2.24) is 10.4 Å². The van der Waals surface area contributed by atoms with Gasteiger partial charge in [-0.3, -0.25) is 16.3 Å². The second kappa shape index (κ2) is 6.88. The van der Waals surface area contributed by atoms with Gasteiger partial charge in [0, 0.05) is 29.0 Å². The first kappa shape index (κ1) is 15.0. The predicted octanol–water partition coefficient (Wildman–Crippen LogP) is 2.74. The maximum absolute atomic E-state index is 13.6. The molecule has 0 saturated heterocycles. The topological polar surface area (TPSA) is 50.9 Å². The minimum atomic E-state index is -0.584. The average Bonchev–Trinajstić information content (AvgIpc) is 2.41. The normalized spacial score (nSPS) is 12.4. The molecule has 3 N–H and O–H groups in total. The van der Waals surface area contributed by atoms with Gasteiger partial charge in [0.2, 0.25) is 0 Å². The maximum atomic E-state index is 13.6. The van der Waals surface area contributed by atoms with Gasteiger partial charge in [0.05, 0.1) is 0 Å². The number of nitrogens with zero attached hydrogens (tertiary/aromatic N) is 1. The van der Waals surface area contributed by atoms with Crippen molar-refractivity contribution in [3.63, 3.8) is 0 Å². The highest BCUT2D eigenvalue weighted by Crippen LogP contribution is 2.15. The maximum Gasteiger partial charge on any atom is 0.129 e. The lowest BCUT2D eigenvalue weighted by Gasteiger charge is -2.16. The fraction of sp³-hybridized carbons (Fsp3) is 0.214. The second-order valence-corrected chi connectivity index (χ2v) is 5.43. The number of hydrazine groups is 1. The van der Waals surface area contributed by atoms with Gasteiger partial charge in [-0.2, -0.15) is 0 Å². The molecule has 1 aromatic heterocycles. The molecule has 6 heteroatoms. The standard InChI is InChI=1S/C14H14BrF2N3/c15-11-3-9(7-19-8-11)4-13(20-18)5-10-1-2-12(16)6-14(10)17/h1-3,6-8,13,20H,4-5,18H2. The molecule has 0 spiro atoms. The molecule has 1 unspecified atom stereocenters. The van der Waals surface area contributed by atoms with Gasteiger partial charge >= 0.3 is 0 Å². The summed E-state index contributed by atoms with van der Waals surface area (Å²) in [5, 5.41) is 0. The van der Waals surface area contributed by atoms with Crippen LogP contribution in [-0.2, 0) is 12.8 Å². The number of halogens is 3. The fourth-order valence-corrected chi connectivity index (χ4v) is 2.41. The summed E-state index contributed by atoms with van der Waals surface area (Å²) < 4.78 is 27.4. The molecule has 0 fully saturated rings. The van der Waals surface area contributed by atoms with Gasteiger partial charge in [0.25, 0.3) is 0 Å². The van der Waals surface area contributed by atoms with Crippen molar-refractivity contribution in [3.8, 4) is 0 Å². The molecule has 0 bridgehead atoms. The molecule has 0 radical (unpaired) electrons. The lowest BCUT2D eigenvalue weighted by Crippen LogP contribution is -2.38. The summed E-state index contributed by atoms with van der Waals surface area (Å²) in [5.74, 6) is 4.37. The van der Waals surface area contributed by atoms with E-state index in [0.29, 0.717) is 18.4 Å². The summed E-state index contributed by atoms with van der Waals surface area (Å²) in [5.41, 5.74) is 4.06. The largest absolute Gasteiger partial charge is 0.271 e. The van der Waals surface area contributed by atoms with E-state index in [-0.39, 0.29) is 6.04 Å². The fourth-order valence-electron chi connectivity index (χ4n) is 1.99. The van der Waals surface area contributed by atoms with Crippen LogP contribution in [0.4, 0.5) is 8.78 Å². The zero-order valence-corrected chi connectivity index (χ0v) is 12.2. The number of hydrogen-bond donors (Lipinski definition) is 2. The zero-order chi connectivity index (χ0) is 14.5. The van der Waals surface area contributed by atoms with Crippen LogP contribution in [0.2, 0.25) is 0 Å². The smallest absolute Gasteiger partial charge is 0.129 e. The Morgan fingerprint density at radius 1 is 1.20 bits per heavy atom. The van der Waals surface area contributed by atoms with Crippen LogP contribution >= 0.6 is 15.9 Å². The molecule has 3 nitrogen and oxygen atoms in total. The van der Waals surface area contributed by atoms with Gasteiger partial charge in [0.15, 0.2) is 0 Å². The SMILES string of the molecule is NNC(Cc1cncc(Br)c1)Cc1ccc(F)cc1F. The second-order valence-electron chi connectivity index (χ2n) is 4.52. The van der Waals surface area contributed by atoms with E-state index in [0.717, 1.165) is 16.1 Å². The predicted molar refractivity (Wildman–Crippen MR) is 76.8 cm³/mol. The Morgan fingerprint density at radius 3 is 2.65 bits per heavy atom. The van der Waals surface area contributed by atoms with Gasteiger partial charge < -0.3 is 0 Å². The van der Waals surface area contributed by atoms with Crippen LogP contribution in [0.1, 0.15) is 11.1 Å². The lowest BCUT2D eigenvalue weighted by atomic mass is 10.00. The number of aromatic nitrogens is 1. The Bertz CT molecular complexity index is 592. The molecule has 1 heterocycles. The third-order valence-electron chi connectivity index (χ3n) is 2.96. The Hall–Kier alpha value is -1.37. The Morgan fingerprint density at radius 2 is 2.00 bits per heavy atom. The number of nitrogens with one attached hydrogen (secondary N) is 1. The van der Waals surface area contributed by atoms with Crippen molar-refractivity contribution in [2.24, 2.45) is 5.84 Å². The number of benzene rings is 1. The van der Waals surface area contributed by atoms with Crippen molar-refractivity contribution >= 4 is 15.9 Å². The van der Waals surface area contributed by atoms with Gasteiger partial charge in [-0.1, -0.05) is 6.07 Å². The Labute approximate surface area is 124 Å². The molecule has 0 aliphatic heterocycles. The summed E-state index contributed by atoms with van der Waals surface area (Å²) >= 11 is 3.34. The van der Waals surface area contributed by atoms with Crippen molar-refractivity contribution in [3.05, 3.63) is 63.9 Å². The highest BCUT2D eigenvalue weighted by molar-refractivity contribution is 9.10. The van der Waals surface area contributed by atoms with E-state index < -0.39 is 11.6 Å². The summed E-state index contributed by atoms with van der Waals surface area (Å²) in [4.78, 5) is 4.07. The zero-order valence-electron chi connectivity index (χ0n) is 10.6. The van der Waals surface area contributed by atoms with E-state index in [9.17, 15) is 8.78 Å². The Kier molecular flexibility index (Phi) is 5.17. The van der Waals surface area contributed by atoms with E-state index in [1.807, 2.05) is 6.07 Å². The molecule has 1 atom stereocenters. The van der Waals surface area contributed by atoms with Crippen molar-refractivity contribution in [2.75, 3.05) is 0 Å². The molecule has 0 aliphatic carbocycles. The first-order chi connectivity index (χ1) is 9.58. The summed E-state index contributed by atoms with van der Waals surface area (Å²) in [7, 11) is 0. The van der Waals surface area contributed by atoms with Gasteiger partial charge in [-0.15, -0.1) is 0 Å². The molecule has 1 aromatic carbocycles. The molecule has 0 amide bonds. The number of nitrogens with two attached hydrogens (primary N) is 1.